The predicted molar refractivity (Wildman–Crippen MR) is 116 cm³/mol. The van der Waals surface area contributed by atoms with Crippen LogP contribution in [-0.2, 0) is 6.54 Å². The summed E-state index contributed by atoms with van der Waals surface area (Å²) >= 11 is 0. The van der Waals surface area contributed by atoms with E-state index in [4.69, 9.17) is 5.73 Å². The molecular weight excluding hydrogens is 356 g/mol. The highest BCUT2D eigenvalue weighted by Crippen LogP contribution is 2.36. The fraction of sp³-hybridized carbons (Fsp3) is 0.381. The molecule has 0 aromatic carbocycles. The standard InChI is InChI=1S/C17H18N4O3.2C2H6/c1-3-4-10-9(2)7-8-21-14(10)15(22)13-11(16(21)23)5-6-12(19-13)20-17(18)24;2*1-2/h3-6,22H,7-8H2,1-2H3,(H3,18,19,20,24);2*1-2H3/b4-3-;;. The number of hydrogen-bond donors (Lipinski definition) is 3. The first-order valence-corrected chi connectivity index (χ1v) is 9.59. The molecule has 7 heteroatoms. The van der Waals surface area contributed by atoms with Gasteiger partial charge in [0.15, 0.2) is 5.75 Å². The minimum absolute atomic E-state index is 0.0788. The number of amides is 2. The second-order valence-corrected chi connectivity index (χ2v) is 5.68. The molecule has 0 fully saturated rings. The maximum atomic E-state index is 12.8. The third-order valence-corrected chi connectivity index (χ3v) is 4.10. The van der Waals surface area contributed by atoms with Crippen LogP contribution in [0.5, 0.6) is 5.75 Å². The molecule has 2 aromatic rings. The molecule has 0 bridgehead atoms. The average molecular weight is 386 g/mol. The van der Waals surface area contributed by atoms with E-state index in [0.29, 0.717) is 17.6 Å². The molecular formula is C21H30N4O3. The lowest BCUT2D eigenvalue weighted by molar-refractivity contribution is 0.259. The summed E-state index contributed by atoms with van der Waals surface area (Å²) in [5, 5.41) is 13.4. The zero-order valence-corrected chi connectivity index (χ0v) is 17.5. The minimum Gasteiger partial charge on any atom is -0.504 e. The molecule has 4 N–H and O–H groups in total. The lowest BCUT2D eigenvalue weighted by atomic mass is 9.96. The Hall–Kier alpha value is -3.09. The van der Waals surface area contributed by atoms with Gasteiger partial charge < -0.3 is 15.4 Å². The van der Waals surface area contributed by atoms with Crippen LogP contribution < -0.4 is 16.6 Å². The van der Waals surface area contributed by atoms with Gasteiger partial charge in [-0.3, -0.25) is 10.1 Å². The summed E-state index contributed by atoms with van der Waals surface area (Å²) in [7, 11) is 0. The van der Waals surface area contributed by atoms with Gasteiger partial charge in [0, 0.05) is 12.1 Å². The second-order valence-electron chi connectivity index (χ2n) is 5.68. The van der Waals surface area contributed by atoms with Crippen molar-refractivity contribution in [1.29, 1.82) is 0 Å². The average Bonchev–Trinajstić information content (AvgIpc) is 2.70. The van der Waals surface area contributed by atoms with Crippen molar-refractivity contribution in [3.8, 4) is 5.75 Å². The number of carbonyl (C=O) groups excluding carboxylic acids is 1. The van der Waals surface area contributed by atoms with Gasteiger partial charge in [-0.05, 0) is 32.4 Å². The van der Waals surface area contributed by atoms with Crippen molar-refractivity contribution < 1.29 is 9.90 Å². The number of nitrogens with one attached hydrogen (secondary N) is 1. The molecule has 0 saturated heterocycles. The maximum absolute atomic E-state index is 12.8. The summed E-state index contributed by atoms with van der Waals surface area (Å²) in [6.07, 6.45) is 4.48. The van der Waals surface area contributed by atoms with Gasteiger partial charge in [-0.25, -0.2) is 9.78 Å². The Labute approximate surface area is 165 Å². The molecule has 0 spiro atoms. The van der Waals surface area contributed by atoms with E-state index < -0.39 is 6.03 Å². The molecule has 3 heterocycles. The van der Waals surface area contributed by atoms with Gasteiger partial charge >= 0.3 is 6.03 Å². The Morgan fingerprint density at radius 2 is 1.93 bits per heavy atom. The van der Waals surface area contributed by atoms with Crippen molar-refractivity contribution in [3.05, 3.63) is 45.9 Å². The van der Waals surface area contributed by atoms with E-state index in [-0.39, 0.29) is 22.6 Å². The molecule has 7 nitrogen and oxygen atoms in total. The number of urea groups is 1. The predicted octanol–water partition coefficient (Wildman–Crippen LogP) is 4.40. The van der Waals surface area contributed by atoms with Crippen LogP contribution in [0.25, 0.3) is 16.5 Å². The van der Waals surface area contributed by atoms with E-state index in [1.54, 1.807) is 4.57 Å². The van der Waals surface area contributed by atoms with Crippen LogP contribution in [0, 0.1) is 0 Å². The Balaban J connectivity index is 0.000000921. The van der Waals surface area contributed by atoms with Crippen molar-refractivity contribution in [2.45, 2.75) is 54.5 Å². The Morgan fingerprint density at radius 3 is 2.50 bits per heavy atom. The Morgan fingerprint density at radius 1 is 1.29 bits per heavy atom. The van der Waals surface area contributed by atoms with E-state index in [2.05, 4.69) is 10.3 Å². The van der Waals surface area contributed by atoms with Crippen LogP contribution in [0.4, 0.5) is 10.6 Å². The summed E-state index contributed by atoms with van der Waals surface area (Å²) in [5.41, 5.74) is 7.39. The largest absolute Gasteiger partial charge is 0.504 e. The van der Waals surface area contributed by atoms with Crippen molar-refractivity contribution >= 4 is 28.3 Å². The molecule has 0 saturated carbocycles. The third kappa shape index (κ3) is 4.42. The fourth-order valence-corrected chi connectivity index (χ4v) is 2.99. The monoisotopic (exact) mass is 386 g/mol. The van der Waals surface area contributed by atoms with Crippen molar-refractivity contribution in [1.82, 2.24) is 9.55 Å². The molecule has 0 atom stereocenters. The number of allylic oxidation sites excluding steroid dienone is 4. The fourth-order valence-electron chi connectivity index (χ4n) is 2.99. The first-order valence-electron chi connectivity index (χ1n) is 9.59. The maximum Gasteiger partial charge on any atom is 0.317 e. The number of rotatable bonds is 2. The molecule has 3 rings (SSSR count). The normalized spacial score (nSPS) is 12.6. The summed E-state index contributed by atoms with van der Waals surface area (Å²) in [6.45, 7) is 12.4. The number of aromatic hydroxyl groups is 1. The molecule has 0 aliphatic carbocycles. The quantitative estimate of drug-likeness (QED) is 0.710. The minimum atomic E-state index is -0.763. The lowest BCUT2D eigenvalue weighted by Crippen LogP contribution is -2.27. The van der Waals surface area contributed by atoms with E-state index >= 15 is 0 Å². The number of nitrogens with two attached hydrogens (primary N) is 1. The number of nitrogens with zero attached hydrogens (tertiary/aromatic N) is 2. The molecule has 2 amide bonds. The highest BCUT2D eigenvalue weighted by atomic mass is 16.3. The summed E-state index contributed by atoms with van der Waals surface area (Å²) < 4.78 is 1.57. The van der Waals surface area contributed by atoms with Gasteiger partial charge in [-0.2, -0.15) is 0 Å². The second kappa shape index (κ2) is 10.3. The van der Waals surface area contributed by atoms with Crippen LogP contribution >= 0.6 is 0 Å². The highest BCUT2D eigenvalue weighted by Gasteiger charge is 2.23. The first-order chi connectivity index (χ1) is 13.4. The van der Waals surface area contributed by atoms with Gasteiger partial charge in [0.25, 0.3) is 5.56 Å². The van der Waals surface area contributed by atoms with Crippen molar-refractivity contribution in [3.63, 3.8) is 0 Å². The summed E-state index contributed by atoms with van der Waals surface area (Å²) in [5.74, 6) is 0.101. The molecule has 2 aromatic heterocycles. The lowest BCUT2D eigenvalue weighted by Gasteiger charge is -2.23. The Bertz CT molecular complexity index is 972. The van der Waals surface area contributed by atoms with Crippen LogP contribution in [0.3, 0.4) is 0 Å². The number of pyridine rings is 2. The van der Waals surface area contributed by atoms with Gasteiger partial charge in [0.1, 0.15) is 11.3 Å². The molecule has 152 valence electrons. The molecule has 0 unspecified atom stereocenters. The van der Waals surface area contributed by atoms with E-state index in [1.165, 1.54) is 12.1 Å². The molecule has 1 aliphatic rings. The van der Waals surface area contributed by atoms with Crippen LogP contribution in [0.2, 0.25) is 0 Å². The number of carbonyl (C=O) groups is 1. The van der Waals surface area contributed by atoms with E-state index in [9.17, 15) is 14.7 Å². The molecule has 28 heavy (non-hydrogen) atoms. The summed E-state index contributed by atoms with van der Waals surface area (Å²) in [6, 6.07) is 2.25. The van der Waals surface area contributed by atoms with Gasteiger partial charge in [-0.1, -0.05) is 45.4 Å². The van der Waals surface area contributed by atoms with E-state index in [1.807, 2.05) is 53.7 Å². The number of primary amides is 1. The SMILES string of the molecule is C/C=C\C1=C(C)CCn2c1c(O)c1nc(NC(N)=O)ccc1c2=O.CC.CC. The zero-order chi connectivity index (χ0) is 21.4. The van der Waals surface area contributed by atoms with Gasteiger partial charge in [-0.15, -0.1) is 0 Å². The van der Waals surface area contributed by atoms with Gasteiger partial charge in [0.2, 0.25) is 0 Å². The number of anilines is 1. The number of hydrogen-bond acceptors (Lipinski definition) is 4. The third-order valence-electron chi connectivity index (χ3n) is 4.10. The highest BCUT2D eigenvalue weighted by molar-refractivity contribution is 5.94. The number of fused-ring (bicyclic) bond motifs is 2. The smallest absolute Gasteiger partial charge is 0.317 e. The van der Waals surface area contributed by atoms with Crippen molar-refractivity contribution in [2.24, 2.45) is 5.73 Å². The van der Waals surface area contributed by atoms with Crippen molar-refractivity contribution in [2.75, 3.05) is 5.32 Å². The van der Waals surface area contributed by atoms with Crippen LogP contribution in [0.15, 0.2) is 34.7 Å². The van der Waals surface area contributed by atoms with Crippen LogP contribution in [0.1, 0.15) is 53.7 Å². The molecule has 0 radical (unpaired) electrons. The van der Waals surface area contributed by atoms with Crippen LogP contribution in [-0.4, -0.2) is 20.7 Å². The number of aromatic nitrogens is 2. The zero-order valence-electron chi connectivity index (χ0n) is 17.5. The topological polar surface area (TPSA) is 110 Å². The molecule has 1 aliphatic heterocycles. The van der Waals surface area contributed by atoms with E-state index in [0.717, 1.165) is 17.6 Å². The Kier molecular flexibility index (Phi) is 8.44. The summed E-state index contributed by atoms with van der Waals surface area (Å²) in [4.78, 5) is 27.9. The first kappa shape index (κ1) is 23.0. The van der Waals surface area contributed by atoms with Gasteiger partial charge in [0.05, 0.1) is 11.1 Å².